The Morgan fingerprint density at radius 2 is 2.17 bits per heavy atom. The topological polar surface area (TPSA) is 76.0 Å². The molecule has 1 aliphatic heterocycles. The maximum atomic E-state index is 11.8. The monoisotopic (exact) mass is 393 g/mol. The molecule has 4 rings (SSSR count). The highest BCUT2D eigenvalue weighted by Crippen LogP contribution is 2.28. The fourth-order valence-electron chi connectivity index (χ4n) is 4.02. The maximum absolute atomic E-state index is 11.8. The Kier molecular flexibility index (Phi) is 5.76. The molecule has 2 aromatic heterocycles. The van der Waals surface area contributed by atoms with Gasteiger partial charge in [-0.05, 0) is 44.5 Å². The summed E-state index contributed by atoms with van der Waals surface area (Å²) in [6, 6.07) is 8.08. The lowest BCUT2D eigenvalue weighted by molar-refractivity contribution is 0.323. The van der Waals surface area contributed by atoms with Crippen LogP contribution in [0.15, 0.2) is 47.8 Å². The van der Waals surface area contributed by atoms with Gasteiger partial charge in [-0.3, -0.25) is 9.69 Å². The van der Waals surface area contributed by atoms with Crippen LogP contribution in [0.25, 0.3) is 0 Å². The number of rotatable bonds is 7. The van der Waals surface area contributed by atoms with E-state index in [1.165, 1.54) is 5.56 Å². The normalized spacial score (nSPS) is 17.0. The second-order valence-corrected chi connectivity index (χ2v) is 7.59. The average molecular weight is 393 g/mol. The van der Waals surface area contributed by atoms with Crippen molar-refractivity contribution in [2.75, 3.05) is 19.7 Å². The van der Waals surface area contributed by atoms with Crippen LogP contribution in [-0.4, -0.2) is 44.1 Å². The van der Waals surface area contributed by atoms with Crippen LogP contribution in [0.1, 0.15) is 41.9 Å². The number of benzene rings is 1. The lowest BCUT2D eigenvalue weighted by Gasteiger charge is -2.18. The molecule has 0 aliphatic carbocycles. The average Bonchev–Trinajstić information content (AvgIpc) is 3.35. The number of aryl methyl sites for hydroxylation is 1. The first-order valence-corrected chi connectivity index (χ1v) is 10.1. The smallest absolute Gasteiger partial charge is 0.251 e. The lowest BCUT2D eigenvalue weighted by atomic mass is 10.0. The Balaban J connectivity index is 1.47. The number of hydrogen-bond donors (Lipinski definition) is 1. The van der Waals surface area contributed by atoms with E-state index >= 15 is 0 Å². The van der Waals surface area contributed by atoms with Gasteiger partial charge in [-0.2, -0.15) is 0 Å². The molecule has 0 bridgehead atoms. The van der Waals surface area contributed by atoms with Gasteiger partial charge in [-0.25, -0.2) is 9.97 Å². The van der Waals surface area contributed by atoms with E-state index in [0.29, 0.717) is 18.3 Å². The fraction of sp³-hybridized carbons (Fsp3) is 0.409. The number of aromatic amines is 1. The molecule has 3 heterocycles. The van der Waals surface area contributed by atoms with E-state index in [9.17, 15) is 4.79 Å². The van der Waals surface area contributed by atoms with Crippen molar-refractivity contribution in [2.24, 2.45) is 0 Å². The van der Waals surface area contributed by atoms with Crippen molar-refractivity contribution in [3.63, 3.8) is 0 Å². The summed E-state index contributed by atoms with van der Waals surface area (Å²) in [6.07, 6.45) is 6.60. The van der Waals surface area contributed by atoms with Crippen LogP contribution >= 0.6 is 0 Å². The van der Waals surface area contributed by atoms with E-state index in [-0.39, 0.29) is 5.56 Å². The van der Waals surface area contributed by atoms with Gasteiger partial charge in [0.15, 0.2) is 0 Å². The molecular weight excluding hydrogens is 366 g/mol. The molecule has 1 saturated heterocycles. The van der Waals surface area contributed by atoms with Gasteiger partial charge in [-0.15, -0.1) is 0 Å². The first kappa shape index (κ1) is 19.4. The molecule has 1 aliphatic rings. The molecule has 7 nitrogen and oxygen atoms in total. The quantitative estimate of drug-likeness (QED) is 0.668. The molecule has 1 fully saturated rings. The maximum Gasteiger partial charge on any atom is 0.251 e. The molecule has 152 valence electrons. The minimum absolute atomic E-state index is 0.0680. The van der Waals surface area contributed by atoms with E-state index in [1.54, 1.807) is 12.3 Å². The van der Waals surface area contributed by atoms with Gasteiger partial charge in [0, 0.05) is 43.0 Å². The second kappa shape index (κ2) is 8.61. The highest BCUT2D eigenvalue weighted by molar-refractivity contribution is 5.37. The number of hydrogen-bond acceptors (Lipinski definition) is 5. The van der Waals surface area contributed by atoms with Gasteiger partial charge in [0.25, 0.3) is 5.56 Å². The van der Waals surface area contributed by atoms with Gasteiger partial charge in [0.05, 0.1) is 25.2 Å². The van der Waals surface area contributed by atoms with Gasteiger partial charge >= 0.3 is 0 Å². The largest absolute Gasteiger partial charge is 0.494 e. The van der Waals surface area contributed by atoms with Crippen molar-refractivity contribution in [3.05, 3.63) is 76.0 Å². The Morgan fingerprint density at radius 3 is 2.93 bits per heavy atom. The zero-order valence-corrected chi connectivity index (χ0v) is 17.0. The summed E-state index contributed by atoms with van der Waals surface area (Å²) in [4.78, 5) is 25.6. The van der Waals surface area contributed by atoms with Crippen molar-refractivity contribution < 1.29 is 4.74 Å². The van der Waals surface area contributed by atoms with Crippen LogP contribution in [0.2, 0.25) is 0 Å². The molecule has 0 radical (unpaired) electrons. The van der Waals surface area contributed by atoms with Crippen molar-refractivity contribution >= 4 is 0 Å². The summed E-state index contributed by atoms with van der Waals surface area (Å²) in [6.45, 7) is 8.02. The van der Waals surface area contributed by atoms with E-state index in [4.69, 9.17) is 4.74 Å². The zero-order valence-electron chi connectivity index (χ0n) is 17.0. The predicted octanol–water partition coefficient (Wildman–Crippen LogP) is 2.71. The fourth-order valence-corrected chi connectivity index (χ4v) is 4.02. The van der Waals surface area contributed by atoms with Crippen LogP contribution in [0, 0.1) is 6.92 Å². The molecule has 3 aromatic rings. The minimum Gasteiger partial charge on any atom is -0.494 e. The molecule has 7 heteroatoms. The molecular formula is C22H27N5O2. The van der Waals surface area contributed by atoms with E-state index in [2.05, 4.69) is 42.6 Å². The molecule has 1 unspecified atom stereocenters. The number of imidazole rings is 1. The Bertz CT molecular complexity index is 1010. The van der Waals surface area contributed by atoms with Crippen molar-refractivity contribution in [1.29, 1.82) is 0 Å². The molecule has 1 aromatic carbocycles. The first-order chi connectivity index (χ1) is 14.1. The molecule has 29 heavy (non-hydrogen) atoms. The number of nitrogens with zero attached hydrogens (tertiary/aromatic N) is 4. The molecule has 0 spiro atoms. The highest BCUT2D eigenvalue weighted by Gasteiger charge is 2.25. The number of aromatic nitrogens is 4. The van der Waals surface area contributed by atoms with Crippen molar-refractivity contribution in [3.8, 4) is 5.75 Å². The highest BCUT2D eigenvalue weighted by atomic mass is 16.5. The Morgan fingerprint density at radius 1 is 1.28 bits per heavy atom. The number of ether oxygens (including phenoxy) is 1. The standard InChI is InChI=1S/C22H27N5O2/c1-3-29-21-5-4-17(10-19(21)14-27-9-7-23-15-27)12-26-8-6-18(13-26)20-11-22(28)25-16(2)24-20/h4-5,7,9-11,15,18H,3,6,8,12-14H2,1-2H3,(H,24,25,28). The van der Waals surface area contributed by atoms with E-state index < -0.39 is 0 Å². The third-order valence-electron chi connectivity index (χ3n) is 5.31. The van der Waals surface area contributed by atoms with Gasteiger partial charge in [-0.1, -0.05) is 6.07 Å². The molecule has 0 amide bonds. The SMILES string of the molecule is CCOc1ccc(CN2CCC(c3cc(=O)[nH]c(C)n3)C2)cc1Cn1ccnc1. The third kappa shape index (κ3) is 4.74. The predicted molar refractivity (Wildman–Crippen MR) is 111 cm³/mol. The van der Waals surface area contributed by atoms with Crippen molar-refractivity contribution in [2.45, 2.75) is 39.3 Å². The van der Waals surface area contributed by atoms with Crippen LogP contribution in [0.5, 0.6) is 5.75 Å². The van der Waals surface area contributed by atoms with Crippen LogP contribution < -0.4 is 10.3 Å². The third-order valence-corrected chi connectivity index (χ3v) is 5.31. The number of nitrogens with one attached hydrogen (secondary N) is 1. The van der Waals surface area contributed by atoms with Gasteiger partial charge < -0.3 is 14.3 Å². The number of H-pyrrole nitrogens is 1. The minimum atomic E-state index is -0.0680. The molecule has 0 saturated carbocycles. The molecule has 1 N–H and O–H groups in total. The van der Waals surface area contributed by atoms with Crippen LogP contribution in [-0.2, 0) is 13.1 Å². The van der Waals surface area contributed by atoms with E-state index in [1.807, 2.05) is 26.4 Å². The summed E-state index contributed by atoms with van der Waals surface area (Å²) in [5, 5.41) is 0. The van der Waals surface area contributed by atoms with Crippen LogP contribution in [0.3, 0.4) is 0 Å². The summed E-state index contributed by atoms with van der Waals surface area (Å²) in [5.74, 6) is 1.91. The second-order valence-electron chi connectivity index (χ2n) is 7.59. The van der Waals surface area contributed by atoms with Crippen molar-refractivity contribution in [1.82, 2.24) is 24.4 Å². The van der Waals surface area contributed by atoms with Gasteiger partial charge in [0.2, 0.25) is 0 Å². The lowest BCUT2D eigenvalue weighted by Crippen LogP contribution is -2.21. The Labute approximate surface area is 170 Å². The Hall–Kier alpha value is -2.93. The van der Waals surface area contributed by atoms with Gasteiger partial charge in [0.1, 0.15) is 11.6 Å². The summed E-state index contributed by atoms with van der Waals surface area (Å²) in [7, 11) is 0. The van der Waals surface area contributed by atoms with Crippen LogP contribution in [0.4, 0.5) is 0 Å². The van der Waals surface area contributed by atoms with E-state index in [0.717, 1.165) is 49.6 Å². The molecule has 1 atom stereocenters. The summed E-state index contributed by atoms with van der Waals surface area (Å²) >= 11 is 0. The number of likely N-dealkylation sites (tertiary alicyclic amines) is 1. The zero-order chi connectivity index (χ0) is 20.2. The first-order valence-electron chi connectivity index (χ1n) is 10.1. The summed E-state index contributed by atoms with van der Waals surface area (Å²) < 4.78 is 7.87. The summed E-state index contributed by atoms with van der Waals surface area (Å²) in [5.41, 5.74) is 3.26.